The second-order valence-electron chi connectivity index (χ2n) is 3.62. The highest BCUT2D eigenvalue weighted by molar-refractivity contribution is 7.98. The Hall–Kier alpha value is -1.79. The van der Waals surface area contributed by atoms with Gasteiger partial charge in [-0.3, -0.25) is 10.1 Å². The van der Waals surface area contributed by atoms with Crippen LogP contribution in [0.3, 0.4) is 0 Å². The van der Waals surface area contributed by atoms with Crippen molar-refractivity contribution in [1.29, 1.82) is 0 Å². The molecule has 2 rings (SSSR count). The molecule has 0 bridgehead atoms. The summed E-state index contributed by atoms with van der Waals surface area (Å²) in [6.07, 6.45) is 1.96. The number of thioether (sulfide) groups is 1. The molecule has 0 aliphatic carbocycles. The van der Waals surface area contributed by atoms with Crippen LogP contribution in [0.15, 0.2) is 41.3 Å². The highest BCUT2D eigenvalue weighted by Gasteiger charge is 2.15. The highest BCUT2D eigenvalue weighted by atomic mass is 35.5. The van der Waals surface area contributed by atoms with Gasteiger partial charge in [-0.05, 0) is 30.5 Å². The first-order chi connectivity index (χ1) is 9.10. The van der Waals surface area contributed by atoms with E-state index in [-0.39, 0.29) is 16.7 Å². The van der Waals surface area contributed by atoms with E-state index in [0.717, 1.165) is 10.6 Å². The van der Waals surface area contributed by atoms with E-state index >= 15 is 0 Å². The van der Waals surface area contributed by atoms with Crippen molar-refractivity contribution in [3.05, 3.63) is 51.7 Å². The van der Waals surface area contributed by atoms with E-state index in [9.17, 15) is 10.1 Å². The molecule has 0 amide bonds. The van der Waals surface area contributed by atoms with Gasteiger partial charge in [0.1, 0.15) is 5.15 Å². The summed E-state index contributed by atoms with van der Waals surface area (Å²) in [5.41, 5.74) is 0.615. The molecule has 7 heteroatoms. The Bertz CT molecular complexity index is 622. The third-order valence-electron chi connectivity index (χ3n) is 2.37. The van der Waals surface area contributed by atoms with E-state index in [1.165, 1.54) is 12.1 Å². The van der Waals surface area contributed by atoms with Gasteiger partial charge in [0.25, 0.3) is 0 Å². The minimum atomic E-state index is -0.496. The Kier molecular flexibility index (Phi) is 4.24. The van der Waals surface area contributed by atoms with E-state index in [1.807, 2.05) is 30.5 Å². The number of nitrogens with zero attached hydrogens (tertiary/aromatic N) is 2. The van der Waals surface area contributed by atoms with Crippen molar-refractivity contribution in [3.8, 4) is 0 Å². The normalized spacial score (nSPS) is 10.2. The van der Waals surface area contributed by atoms with Gasteiger partial charge in [0.2, 0.25) is 5.82 Å². The number of nitro groups is 1. The van der Waals surface area contributed by atoms with Crippen LogP contribution < -0.4 is 5.32 Å². The van der Waals surface area contributed by atoms with Gasteiger partial charge in [-0.15, -0.1) is 11.8 Å². The third kappa shape index (κ3) is 3.36. The van der Waals surface area contributed by atoms with Crippen molar-refractivity contribution < 1.29 is 4.92 Å². The number of rotatable bonds is 4. The van der Waals surface area contributed by atoms with Gasteiger partial charge in [0.05, 0.1) is 4.92 Å². The number of hydrogen-bond donors (Lipinski definition) is 1. The van der Waals surface area contributed by atoms with Crippen molar-refractivity contribution in [2.75, 3.05) is 11.6 Å². The first kappa shape index (κ1) is 13.6. The second kappa shape index (κ2) is 5.90. The maximum Gasteiger partial charge on any atom is 0.311 e. The summed E-state index contributed by atoms with van der Waals surface area (Å²) in [4.78, 5) is 15.4. The summed E-state index contributed by atoms with van der Waals surface area (Å²) in [5.74, 6) is 0.135. The minimum absolute atomic E-state index is 0.112. The Morgan fingerprint density at radius 2 is 2.16 bits per heavy atom. The van der Waals surface area contributed by atoms with Crippen molar-refractivity contribution >= 4 is 40.6 Å². The summed E-state index contributed by atoms with van der Waals surface area (Å²) >= 11 is 7.36. The standard InChI is InChI=1S/C12H10ClN3O2S/c1-19-9-4-2-3-8(7-9)14-12-10(16(17)18)5-6-11(13)15-12/h2-7H,1H3,(H,14,15). The highest BCUT2D eigenvalue weighted by Crippen LogP contribution is 2.28. The number of anilines is 2. The topological polar surface area (TPSA) is 68.1 Å². The lowest BCUT2D eigenvalue weighted by atomic mass is 10.3. The van der Waals surface area contributed by atoms with Gasteiger partial charge in [-0.1, -0.05) is 17.7 Å². The van der Waals surface area contributed by atoms with Crippen LogP contribution in [0.1, 0.15) is 0 Å². The maximum atomic E-state index is 10.9. The van der Waals surface area contributed by atoms with Gasteiger partial charge in [0, 0.05) is 16.6 Å². The van der Waals surface area contributed by atoms with Crippen LogP contribution in [-0.2, 0) is 0 Å². The molecule has 0 aliphatic rings. The van der Waals surface area contributed by atoms with Crippen LogP contribution in [0.25, 0.3) is 0 Å². The van der Waals surface area contributed by atoms with Gasteiger partial charge < -0.3 is 5.32 Å². The predicted molar refractivity (Wildman–Crippen MR) is 77.4 cm³/mol. The van der Waals surface area contributed by atoms with Crippen LogP contribution in [-0.4, -0.2) is 16.2 Å². The fourth-order valence-electron chi connectivity index (χ4n) is 1.50. The number of hydrogen-bond acceptors (Lipinski definition) is 5. The molecule has 1 aromatic heterocycles. The summed E-state index contributed by atoms with van der Waals surface area (Å²) in [6, 6.07) is 10.2. The average Bonchev–Trinajstić information content (AvgIpc) is 2.38. The molecule has 0 saturated carbocycles. The first-order valence-corrected chi connectivity index (χ1v) is 6.92. The molecule has 0 saturated heterocycles. The zero-order chi connectivity index (χ0) is 13.8. The molecule has 1 aromatic carbocycles. The van der Waals surface area contributed by atoms with Crippen molar-refractivity contribution in [2.24, 2.45) is 0 Å². The summed E-state index contributed by atoms with van der Waals surface area (Å²) in [6.45, 7) is 0. The monoisotopic (exact) mass is 295 g/mol. The number of halogens is 1. The Morgan fingerprint density at radius 1 is 1.37 bits per heavy atom. The van der Waals surface area contributed by atoms with Crippen LogP contribution in [0, 0.1) is 10.1 Å². The molecule has 98 valence electrons. The average molecular weight is 296 g/mol. The minimum Gasteiger partial charge on any atom is -0.334 e. The second-order valence-corrected chi connectivity index (χ2v) is 4.88. The number of nitrogens with one attached hydrogen (secondary N) is 1. The van der Waals surface area contributed by atoms with Crippen LogP contribution in [0.2, 0.25) is 5.15 Å². The first-order valence-electron chi connectivity index (χ1n) is 5.32. The summed E-state index contributed by atoms with van der Waals surface area (Å²) < 4.78 is 0. The quantitative estimate of drug-likeness (QED) is 0.398. The molecule has 0 radical (unpaired) electrons. The Balaban J connectivity index is 2.36. The molecule has 0 atom stereocenters. The molecular formula is C12H10ClN3O2S. The molecule has 19 heavy (non-hydrogen) atoms. The molecule has 2 aromatic rings. The molecular weight excluding hydrogens is 286 g/mol. The molecule has 5 nitrogen and oxygen atoms in total. The maximum absolute atomic E-state index is 10.9. The lowest BCUT2D eigenvalue weighted by molar-refractivity contribution is -0.384. The smallest absolute Gasteiger partial charge is 0.311 e. The molecule has 0 fully saturated rings. The van der Waals surface area contributed by atoms with Gasteiger partial charge in [0.15, 0.2) is 0 Å². The van der Waals surface area contributed by atoms with E-state index in [1.54, 1.807) is 11.8 Å². The third-order valence-corrected chi connectivity index (χ3v) is 3.30. The molecule has 0 unspecified atom stereocenters. The van der Waals surface area contributed by atoms with Gasteiger partial charge >= 0.3 is 5.69 Å². The molecule has 0 aliphatic heterocycles. The number of aromatic nitrogens is 1. The van der Waals surface area contributed by atoms with Gasteiger partial charge in [-0.2, -0.15) is 0 Å². The van der Waals surface area contributed by atoms with Gasteiger partial charge in [-0.25, -0.2) is 4.98 Å². The number of benzene rings is 1. The van der Waals surface area contributed by atoms with E-state index in [2.05, 4.69) is 10.3 Å². The van der Waals surface area contributed by atoms with Crippen LogP contribution in [0.4, 0.5) is 17.2 Å². The zero-order valence-electron chi connectivity index (χ0n) is 9.96. The largest absolute Gasteiger partial charge is 0.334 e. The van der Waals surface area contributed by atoms with Crippen molar-refractivity contribution in [1.82, 2.24) is 4.98 Å². The molecule has 0 spiro atoms. The predicted octanol–water partition coefficient (Wildman–Crippen LogP) is 4.11. The van der Waals surface area contributed by atoms with Crippen molar-refractivity contribution in [2.45, 2.75) is 4.90 Å². The van der Waals surface area contributed by atoms with Crippen LogP contribution in [0.5, 0.6) is 0 Å². The van der Waals surface area contributed by atoms with E-state index in [4.69, 9.17) is 11.6 Å². The van der Waals surface area contributed by atoms with E-state index < -0.39 is 4.92 Å². The number of pyridine rings is 1. The lowest BCUT2D eigenvalue weighted by Crippen LogP contribution is -1.99. The Morgan fingerprint density at radius 3 is 2.84 bits per heavy atom. The Labute approximate surface area is 119 Å². The fourth-order valence-corrected chi connectivity index (χ4v) is 2.11. The fraction of sp³-hybridized carbons (Fsp3) is 0.0833. The lowest BCUT2D eigenvalue weighted by Gasteiger charge is -2.07. The zero-order valence-corrected chi connectivity index (χ0v) is 11.5. The molecule has 1 heterocycles. The molecule has 1 N–H and O–H groups in total. The summed E-state index contributed by atoms with van der Waals surface area (Å²) in [5, 5.41) is 14.0. The van der Waals surface area contributed by atoms with Crippen molar-refractivity contribution in [3.63, 3.8) is 0 Å². The SMILES string of the molecule is CSc1cccc(Nc2nc(Cl)ccc2[N+](=O)[O-])c1. The van der Waals surface area contributed by atoms with E-state index in [0.29, 0.717) is 0 Å². The van der Waals surface area contributed by atoms with Crippen LogP contribution >= 0.6 is 23.4 Å². The summed E-state index contributed by atoms with van der Waals surface area (Å²) in [7, 11) is 0.